The first-order valence-corrected chi connectivity index (χ1v) is 11.7. The molecule has 0 aromatic rings. The third-order valence-corrected chi connectivity index (χ3v) is 4.80. The second-order valence-corrected chi connectivity index (χ2v) is 8.34. The van der Waals surface area contributed by atoms with Gasteiger partial charge in [-0.25, -0.2) is 4.79 Å². The molecule has 0 aliphatic rings. The molecule has 0 aliphatic carbocycles. The second kappa shape index (κ2) is 18.2. The van der Waals surface area contributed by atoms with Gasteiger partial charge < -0.3 is 14.6 Å². The van der Waals surface area contributed by atoms with Crippen LogP contribution in [0.1, 0.15) is 111 Å². The smallest absolute Gasteiger partial charge is 0.335 e. The number of allylic oxidation sites excluding steroid dienone is 2. The molecule has 0 heterocycles. The third-order valence-electron chi connectivity index (χ3n) is 4.80. The lowest BCUT2D eigenvalue weighted by Gasteiger charge is -2.23. The molecule has 174 valence electrons. The first-order chi connectivity index (χ1) is 14.3. The van der Waals surface area contributed by atoms with Gasteiger partial charge >= 0.3 is 11.9 Å². The highest BCUT2D eigenvalue weighted by Gasteiger charge is 2.27. The quantitative estimate of drug-likeness (QED) is 0.0854. The summed E-state index contributed by atoms with van der Waals surface area (Å²) in [7, 11) is 0. The van der Waals surface area contributed by atoms with Crippen LogP contribution in [0.3, 0.4) is 0 Å². The summed E-state index contributed by atoms with van der Waals surface area (Å²) in [5, 5.41) is 9.92. The minimum atomic E-state index is -1.84. The summed E-state index contributed by atoms with van der Waals surface area (Å²) in [4.78, 5) is 23.1. The molecular formula is C25H44O5. The molecule has 0 aromatic carbocycles. The van der Waals surface area contributed by atoms with Crippen LogP contribution < -0.4 is 0 Å². The van der Waals surface area contributed by atoms with Crippen LogP contribution in [0, 0.1) is 0 Å². The number of unbranched alkanes of at least 4 members (excludes halogenated alkanes) is 11. The van der Waals surface area contributed by atoms with Crippen molar-refractivity contribution in [3.63, 3.8) is 0 Å². The lowest BCUT2D eigenvalue weighted by molar-refractivity contribution is -0.217. The maximum Gasteiger partial charge on any atom is 0.335 e. The second-order valence-electron chi connectivity index (χ2n) is 8.34. The van der Waals surface area contributed by atoms with E-state index in [9.17, 15) is 14.7 Å². The number of carbonyl (C=O) groups is 2. The largest absolute Gasteiger partial charge is 0.459 e. The van der Waals surface area contributed by atoms with Crippen LogP contribution in [0.15, 0.2) is 24.3 Å². The molecule has 0 fully saturated rings. The number of hydrogen-bond acceptors (Lipinski definition) is 5. The van der Waals surface area contributed by atoms with Gasteiger partial charge in [0.15, 0.2) is 6.61 Å². The Bertz CT molecular complexity index is 508. The SMILES string of the molecule is C=C(C)C(=O)OC(C)(O)COC(=O)CCCCCCC/C=C\CCCCCCCC. The van der Waals surface area contributed by atoms with Crippen molar-refractivity contribution in [2.24, 2.45) is 0 Å². The van der Waals surface area contributed by atoms with E-state index in [0.29, 0.717) is 6.42 Å². The minimum Gasteiger partial charge on any atom is -0.459 e. The van der Waals surface area contributed by atoms with Crippen molar-refractivity contribution in [1.82, 2.24) is 0 Å². The number of aliphatic hydroxyl groups is 1. The van der Waals surface area contributed by atoms with E-state index in [2.05, 4.69) is 25.7 Å². The Labute approximate surface area is 183 Å². The fourth-order valence-corrected chi connectivity index (χ4v) is 2.94. The standard InChI is InChI=1S/C25H44O5/c1-5-6-7-8-9-10-11-12-13-14-15-16-17-18-19-20-23(26)29-21-25(4,28)30-24(27)22(2)3/h12-13,28H,2,5-11,14-21H2,1,3-4H3/b13-12-. The average molecular weight is 425 g/mol. The van der Waals surface area contributed by atoms with Crippen molar-refractivity contribution < 1.29 is 24.2 Å². The molecule has 0 spiro atoms. The summed E-state index contributed by atoms with van der Waals surface area (Å²) < 4.78 is 9.82. The predicted molar refractivity (Wildman–Crippen MR) is 122 cm³/mol. The van der Waals surface area contributed by atoms with Crippen molar-refractivity contribution in [2.75, 3.05) is 6.61 Å². The predicted octanol–water partition coefficient (Wildman–Crippen LogP) is 6.39. The van der Waals surface area contributed by atoms with Crippen molar-refractivity contribution in [3.8, 4) is 0 Å². The molecule has 0 aromatic heterocycles. The molecule has 5 nitrogen and oxygen atoms in total. The molecule has 1 unspecified atom stereocenters. The van der Waals surface area contributed by atoms with Crippen LogP contribution in [0.4, 0.5) is 0 Å². The van der Waals surface area contributed by atoms with E-state index in [1.807, 2.05) is 0 Å². The van der Waals surface area contributed by atoms with Gasteiger partial charge in [-0.3, -0.25) is 4.79 Å². The van der Waals surface area contributed by atoms with Crippen molar-refractivity contribution >= 4 is 11.9 Å². The third kappa shape index (κ3) is 18.4. The Balaban J connectivity index is 3.53. The van der Waals surface area contributed by atoms with Crippen molar-refractivity contribution in [2.45, 2.75) is 116 Å². The fraction of sp³-hybridized carbons (Fsp3) is 0.760. The summed E-state index contributed by atoms with van der Waals surface area (Å²) in [6.07, 6.45) is 20.6. The van der Waals surface area contributed by atoms with Gasteiger partial charge in [0.1, 0.15) is 0 Å². The molecule has 0 saturated carbocycles. The first kappa shape index (κ1) is 28.4. The summed E-state index contributed by atoms with van der Waals surface area (Å²) in [6, 6.07) is 0. The monoisotopic (exact) mass is 424 g/mol. The molecule has 30 heavy (non-hydrogen) atoms. The zero-order valence-electron chi connectivity index (χ0n) is 19.5. The maximum atomic E-state index is 11.7. The highest BCUT2D eigenvalue weighted by Crippen LogP contribution is 2.12. The van der Waals surface area contributed by atoms with Gasteiger partial charge in [0.2, 0.25) is 5.79 Å². The summed E-state index contributed by atoms with van der Waals surface area (Å²) >= 11 is 0. The highest BCUT2D eigenvalue weighted by molar-refractivity contribution is 5.87. The van der Waals surface area contributed by atoms with Crippen LogP contribution in [0.2, 0.25) is 0 Å². The lowest BCUT2D eigenvalue weighted by atomic mass is 10.1. The Kier molecular flexibility index (Phi) is 17.2. The molecule has 0 rings (SSSR count). The van der Waals surface area contributed by atoms with Gasteiger partial charge in [0.05, 0.1) is 0 Å². The Morgan fingerprint density at radius 1 is 0.900 bits per heavy atom. The zero-order valence-corrected chi connectivity index (χ0v) is 19.5. The Morgan fingerprint density at radius 2 is 1.40 bits per heavy atom. The summed E-state index contributed by atoms with van der Waals surface area (Å²) in [5.41, 5.74) is 0.176. The molecule has 0 saturated heterocycles. The Hall–Kier alpha value is -1.62. The van der Waals surface area contributed by atoms with Gasteiger partial charge in [-0.2, -0.15) is 0 Å². The normalized spacial score (nSPS) is 13.2. The van der Waals surface area contributed by atoms with Gasteiger partial charge in [-0.15, -0.1) is 0 Å². The van der Waals surface area contributed by atoms with E-state index in [4.69, 9.17) is 9.47 Å². The maximum absolute atomic E-state index is 11.7. The molecule has 0 bridgehead atoms. The van der Waals surface area contributed by atoms with Crippen molar-refractivity contribution in [1.29, 1.82) is 0 Å². The van der Waals surface area contributed by atoms with Crippen LogP contribution >= 0.6 is 0 Å². The van der Waals surface area contributed by atoms with Crippen LogP contribution in [-0.4, -0.2) is 29.4 Å². The molecule has 5 heteroatoms. The topological polar surface area (TPSA) is 72.8 Å². The van der Waals surface area contributed by atoms with E-state index in [-0.39, 0.29) is 18.1 Å². The summed E-state index contributed by atoms with van der Waals surface area (Å²) in [5.74, 6) is -2.94. The number of esters is 2. The Morgan fingerprint density at radius 3 is 1.93 bits per heavy atom. The molecule has 1 atom stereocenters. The molecule has 0 amide bonds. The molecule has 0 aliphatic heterocycles. The number of hydrogen-bond donors (Lipinski definition) is 1. The van der Waals surface area contributed by atoms with E-state index < -0.39 is 11.8 Å². The van der Waals surface area contributed by atoms with E-state index >= 15 is 0 Å². The van der Waals surface area contributed by atoms with E-state index in [0.717, 1.165) is 25.7 Å². The molecule has 1 N–H and O–H groups in total. The zero-order chi connectivity index (χ0) is 22.7. The number of ether oxygens (including phenoxy) is 2. The van der Waals surface area contributed by atoms with Gasteiger partial charge in [-0.05, 0) is 39.0 Å². The molecular weight excluding hydrogens is 380 g/mol. The van der Waals surface area contributed by atoms with E-state index in [1.165, 1.54) is 71.6 Å². The van der Waals surface area contributed by atoms with Gasteiger partial charge in [0.25, 0.3) is 0 Å². The van der Waals surface area contributed by atoms with Crippen LogP contribution in [0.5, 0.6) is 0 Å². The van der Waals surface area contributed by atoms with E-state index in [1.54, 1.807) is 0 Å². The lowest BCUT2D eigenvalue weighted by Crippen LogP contribution is -2.37. The first-order valence-electron chi connectivity index (χ1n) is 11.7. The van der Waals surface area contributed by atoms with Crippen LogP contribution in [0.25, 0.3) is 0 Å². The number of rotatable bonds is 19. The fourth-order valence-electron chi connectivity index (χ4n) is 2.94. The highest BCUT2D eigenvalue weighted by atomic mass is 16.7. The number of carbonyl (C=O) groups excluding carboxylic acids is 2. The van der Waals surface area contributed by atoms with Crippen LogP contribution in [-0.2, 0) is 19.1 Å². The van der Waals surface area contributed by atoms with Crippen molar-refractivity contribution in [3.05, 3.63) is 24.3 Å². The summed E-state index contributed by atoms with van der Waals surface area (Å²) in [6.45, 7) is 8.08. The van der Waals surface area contributed by atoms with Gasteiger partial charge in [0, 0.05) is 18.9 Å². The average Bonchev–Trinajstić information content (AvgIpc) is 2.69. The van der Waals surface area contributed by atoms with Gasteiger partial charge in [-0.1, -0.05) is 77.0 Å². The minimum absolute atomic E-state index is 0.176. The molecule has 0 radical (unpaired) electrons.